The molecule has 2 aromatic carbocycles. The highest BCUT2D eigenvalue weighted by molar-refractivity contribution is 9.10. The molecule has 4 rings (SSSR count). The molecule has 0 fully saturated rings. The lowest BCUT2D eigenvalue weighted by Gasteiger charge is -2.10. The Morgan fingerprint density at radius 2 is 1.74 bits per heavy atom. The third-order valence-electron chi connectivity index (χ3n) is 3.88. The second-order valence-corrected chi connectivity index (χ2v) is 6.68. The van der Waals surface area contributed by atoms with Gasteiger partial charge in [0.05, 0.1) is 5.39 Å². The standard InChI is InChI=1S/C20H14BrN5O/c21-14-5-1-4-13(10-14)20(27)26-16-7-2-6-15(11-16)25-19-17-8-3-9-22-18(17)23-12-24-19/h1-12H,(H,26,27)(H,22,23,24,25). The van der Waals surface area contributed by atoms with Crippen molar-refractivity contribution in [1.82, 2.24) is 15.0 Å². The molecule has 0 saturated carbocycles. The number of nitrogens with zero attached hydrogens (tertiary/aromatic N) is 3. The number of carbonyl (C=O) groups is 1. The maximum atomic E-state index is 12.4. The van der Waals surface area contributed by atoms with Crippen molar-refractivity contribution in [2.24, 2.45) is 0 Å². The molecule has 0 aliphatic heterocycles. The maximum Gasteiger partial charge on any atom is 0.255 e. The molecule has 1 amide bonds. The fraction of sp³-hybridized carbons (Fsp3) is 0. The zero-order valence-corrected chi connectivity index (χ0v) is 15.6. The molecule has 0 bridgehead atoms. The van der Waals surface area contributed by atoms with Crippen LogP contribution in [0.1, 0.15) is 10.4 Å². The van der Waals surface area contributed by atoms with Crippen molar-refractivity contribution >= 4 is 50.1 Å². The molecule has 0 radical (unpaired) electrons. The third kappa shape index (κ3) is 3.93. The summed E-state index contributed by atoms with van der Waals surface area (Å²) in [6.45, 7) is 0. The summed E-state index contributed by atoms with van der Waals surface area (Å²) in [7, 11) is 0. The smallest absolute Gasteiger partial charge is 0.255 e. The van der Waals surface area contributed by atoms with E-state index in [0.29, 0.717) is 22.7 Å². The second-order valence-electron chi connectivity index (χ2n) is 5.77. The molecule has 27 heavy (non-hydrogen) atoms. The number of pyridine rings is 1. The molecule has 6 nitrogen and oxygen atoms in total. The summed E-state index contributed by atoms with van der Waals surface area (Å²) < 4.78 is 0.856. The van der Waals surface area contributed by atoms with E-state index in [0.717, 1.165) is 15.5 Å². The van der Waals surface area contributed by atoms with Gasteiger partial charge in [0.25, 0.3) is 5.91 Å². The van der Waals surface area contributed by atoms with Crippen molar-refractivity contribution in [3.63, 3.8) is 0 Å². The van der Waals surface area contributed by atoms with E-state index in [1.165, 1.54) is 6.33 Å². The normalized spacial score (nSPS) is 10.6. The Balaban J connectivity index is 1.56. The van der Waals surface area contributed by atoms with Crippen LogP contribution in [0.25, 0.3) is 11.0 Å². The molecular formula is C20H14BrN5O. The molecule has 0 aliphatic carbocycles. The lowest BCUT2D eigenvalue weighted by molar-refractivity contribution is 0.102. The van der Waals surface area contributed by atoms with Gasteiger partial charge in [0.1, 0.15) is 12.1 Å². The van der Waals surface area contributed by atoms with Crippen LogP contribution < -0.4 is 10.6 Å². The first-order valence-corrected chi connectivity index (χ1v) is 8.98. The van der Waals surface area contributed by atoms with Crippen LogP contribution in [0.5, 0.6) is 0 Å². The second kappa shape index (κ2) is 7.51. The SMILES string of the molecule is O=C(Nc1cccc(Nc2ncnc3ncccc23)c1)c1cccc(Br)c1. The summed E-state index contributed by atoms with van der Waals surface area (Å²) in [6.07, 6.45) is 3.16. The maximum absolute atomic E-state index is 12.4. The average Bonchev–Trinajstić information content (AvgIpc) is 2.69. The van der Waals surface area contributed by atoms with E-state index in [1.807, 2.05) is 48.5 Å². The number of halogens is 1. The molecule has 0 atom stereocenters. The molecule has 2 N–H and O–H groups in total. The number of carbonyl (C=O) groups excluding carboxylic acids is 1. The summed E-state index contributed by atoms with van der Waals surface area (Å²) in [6, 6.07) is 18.4. The summed E-state index contributed by atoms with van der Waals surface area (Å²) in [5.74, 6) is 0.480. The van der Waals surface area contributed by atoms with E-state index < -0.39 is 0 Å². The number of benzene rings is 2. The van der Waals surface area contributed by atoms with Crippen LogP contribution in [-0.4, -0.2) is 20.9 Å². The van der Waals surface area contributed by atoms with Crippen molar-refractivity contribution in [2.75, 3.05) is 10.6 Å². The van der Waals surface area contributed by atoms with Gasteiger partial charge in [-0.1, -0.05) is 28.1 Å². The van der Waals surface area contributed by atoms with Crippen LogP contribution in [0.3, 0.4) is 0 Å². The predicted molar refractivity (Wildman–Crippen MR) is 109 cm³/mol. The number of rotatable bonds is 4. The quantitative estimate of drug-likeness (QED) is 0.497. The largest absolute Gasteiger partial charge is 0.340 e. The summed E-state index contributed by atoms with van der Waals surface area (Å²) >= 11 is 3.38. The minimum atomic E-state index is -0.176. The van der Waals surface area contributed by atoms with Gasteiger partial charge in [0.15, 0.2) is 5.65 Å². The first kappa shape index (κ1) is 17.1. The lowest BCUT2D eigenvalue weighted by atomic mass is 10.2. The molecular weight excluding hydrogens is 406 g/mol. The average molecular weight is 420 g/mol. The van der Waals surface area contributed by atoms with Gasteiger partial charge < -0.3 is 10.6 Å². The predicted octanol–water partition coefficient (Wildman–Crippen LogP) is 4.78. The number of anilines is 3. The number of nitrogens with one attached hydrogen (secondary N) is 2. The van der Waals surface area contributed by atoms with Crippen LogP contribution in [0.2, 0.25) is 0 Å². The molecule has 0 aliphatic rings. The molecule has 2 aromatic heterocycles. The zero-order chi connectivity index (χ0) is 18.6. The van der Waals surface area contributed by atoms with Crippen LogP contribution in [0.4, 0.5) is 17.2 Å². The topological polar surface area (TPSA) is 79.8 Å². The minimum absolute atomic E-state index is 0.176. The Bertz CT molecular complexity index is 1130. The van der Waals surface area contributed by atoms with E-state index in [2.05, 4.69) is 41.5 Å². The molecule has 0 saturated heterocycles. The first-order chi connectivity index (χ1) is 13.2. The fourth-order valence-electron chi connectivity index (χ4n) is 2.64. The number of amides is 1. The van der Waals surface area contributed by atoms with Crippen LogP contribution >= 0.6 is 15.9 Å². The number of aromatic nitrogens is 3. The Hall–Kier alpha value is -3.32. The summed E-state index contributed by atoms with van der Waals surface area (Å²) in [5.41, 5.74) is 2.68. The summed E-state index contributed by atoms with van der Waals surface area (Å²) in [5, 5.41) is 6.99. The van der Waals surface area contributed by atoms with Crippen molar-refractivity contribution in [1.29, 1.82) is 0 Å². The van der Waals surface area contributed by atoms with Crippen molar-refractivity contribution in [2.45, 2.75) is 0 Å². The monoisotopic (exact) mass is 419 g/mol. The molecule has 4 aromatic rings. The minimum Gasteiger partial charge on any atom is -0.340 e. The first-order valence-electron chi connectivity index (χ1n) is 8.19. The van der Waals surface area contributed by atoms with E-state index in [-0.39, 0.29) is 5.91 Å². The highest BCUT2D eigenvalue weighted by Crippen LogP contribution is 2.24. The van der Waals surface area contributed by atoms with Gasteiger partial charge >= 0.3 is 0 Å². The zero-order valence-electron chi connectivity index (χ0n) is 14.1. The summed E-state index contributed by atoms with van der Waals surface area (Å²) in [4.78, 5) is 25.1. The van der Waals surface area contributed by atoms with Gasteiger partial charge in [0.2, 0.25) is 0 Å². The third-order valence-corrected chi connectivity index (χ3v) is 4.37. The van der Waals surface area contributed by atoms with Crippen molar-refractivity contribution in [3.05, 3.63) is 83.2 Å². The van der Waals surface area contributed by atoms with Crippen LogP contribution in [-0.2, 0) is 0 Å². The van der Waals surface area contributed by atoms with Gasteiger partial charge in [-0.05, 0) is 48.5 Å². The van der Waals surface area contributed by atoms with Crippen LogP contribution in [0, 0.1) is 0 Å². The Morgan fingerprint density at radius 1 is 0.889 bits per heavy atom. The van der Waals surface area contributed by atoms with Crippen molar-refractivity contribution in [3.8, 4) is 0 Å². The Labute approximate surface area is 163 Å². The Morgan fingerprint density at radius 3 is 2.63 bits per heavy atom. The number of hydrogen-bond donors (Lipinski definition) is 2. The fourth-order valence-corrected chi connectivity index (χ4v) is 3.04. The molecule has 132 valence electrons. The highest BCUT2D eigenvalue weighted by atomic mass is 79.9. The molecule has 7 heteroatoms. The van der Waals surface area contributed by atoms with Crippen LogP contribution in [0.15, 0.2) is 77.7 Å². The molecule has 2 heterocycles. The number of hydrogen-bond acceptors (Lipinski definition) is 5. The Kier molecular flexibility index (Phi) is 4.76. The lowest BCUT2D eigenvalue weighted by Crippen LogP contribution is -2.11. The van der Waals surface area contributed by atoms with E-state index in [9.17, 15) is 4.79 Å². The van der Waals surface area contributed by atoms with Gasteiger partial charge in [-0.3, -0.25) is 4.79 Å². The van der Waals surface area contributed by atoms with Gasteiger partial charge in [-0.15, -0.1) is 0 Å². The number of fused-ring (bicyclic) bond motifs is 1. The molecule has 0 spiro atoms. The molecule has 0 unspecified atom stereocenters. The van der Waals surface area contributed by atoms with Gasteiger partial charge in [-0.2, -0.15) is 0 Å². The van der Waals surface area contributed by atoms with Gasteiger partial charge in [0, 0.05) is 27.6 Å². The van der Waals surface area contributed by atoms with E-state index in [4.69, 9.17) is 0 Å². The highest BCUT2D eigenvalue weighted by Gasteiger charge is 2.08. The van der Waals surface area contributed by atoms with E-state index in [1.54, 1.807) is 18.3 Å². The van der Waals surface area contributed by atoms with Gasteiger partial charge in [-0.25, -0.2) is 15.0 Å². The van der Waals surface area contributed by atoms with E-state index >= 15 is 0 Å². The van der Waals surface area contributed by atoms with Crippen molar-refractivity contribution < 1.29 is 4.79 Å².